The van der Waals surface area contributed by atoms with E-state index >= 15 is 0 Å². The van der Waals surface area contributed by atoms with E-state index in [2.05, 4.69) is 14.7 Å². The number of hydrogen-bond donors (Lipinski definition) is 2. The number of aromatic amines is 1. The molecule has 13 heteroatoms. The summed E-state index contributed by atoms with van der Waals surface area (Å²) < 4.78 is 42.7. The smallest absolute Gasteiger partial charge is 0.253 e. The quantitative estimate of drug-likeness (QED) is 0.411. The number of H-pyrrole nitrogens is 1. The first-order valence-electron chi connectivity index (χ1n) is 11.3. The average Bonchev–Trinajstić information content (AvgIpc) is 3.56. The number of carbonyl (C=O) groups excluding carboxylic acids is 2. The van der Waals surface area contributed by atoms with Crippen LogP contribution in [-0.2, 0) is 21.2 Å². The van der Waals surface area contributed by atoms with Crippen molar-refractivity contribution < 1.29 is 22.4 Å². The number of aryl methyl sites for hydroxylation is 1. The molecule has 3 heterocycles. The van der Waals surface area contributed by atoms with Gasteiger partial charge in [0.25, 0.3) is 5.91 Å². The number of nitrogens with zero attached hydrogens (tertiary/aromatic N) is 3. The zero-order valence-electron chi connectivity index (χ0n) is 20.1. The lowest BCUT2D eigenvalue weighted by molar-refractivity contribution is -0.118. The van der Waals surface area contributed by atoms with Crippen molar-refractivity contribution in [3.63, 3.8) is 0 Å². The molecule has 0 bridgehead atoms. The number of halogens is 2. The number of sulfonamides is 1. The van der Waals surface area contributed by atoms with Gasteiger partial charge in [-0.15, -0.1) is 11.3 Å². The van der Waals surface area contributed by atoms with E-state index in [1.165, 1.54) is 39.3 Å². The predicted molar refractivity (Wildman–Crippen MR) is 142 cm³/mol. The third-order valence-corrected chi connectivity index (χ3v) is 8.27. The molecule has 4 rings (SSSR count). The van der Waals surface area contributed by atoms with Gasteiger partial charge in [0.1, 0.15) is 11.9 Å². The summed E-state index contributed by atoms with van der Waals surface area (Å²) in [6, 6.07) is 6.21. The maximum Gasteiger partial charge on any atom is 0.253 e. The van der Waals surface area contributed by atoms with Crippen LogP contribution in [0.4, 0.5) is 10.1 Å². The zero-order valence-corrected chi connectivity index (χ0v) is 22.5. The van der Waals surface area contributed by atoms with Gasteiger partial charge in [-0.3, -0.25) is 9.59 Å². The van der Waals surface area contributed by atoms with Crippen LogP contribution in [0.3, 0.4) is 0 Å². The summed E-state index contributed by atoms with van der Waals surface area (Å²) in [7, 11) is -2.30. The molecular formula is C24H25ClFN5O4S2. The van der Waals surface area contributed by atoms with Gasteiger partial charge in [-0.2, -0.15) is 4.72 Å². The summed E-state index contributed by atoms with van der Waals surface area (Å²) >= 11 is 7.07. The van der Waals surface area contributed by atoms with Gasteiger partial charge in [0, 0.05) is 48.1 Å². The van der Waals surface area contributed by atoms with Crippen LogP contribution < -0.4 is 9.62 Å². The number of likely N-dealkylation sites (N-methyl/N-ethyl adjacent to an activating group) is 1. The normalized spacial score (nSPS) is 16.2. The first-order valence-corrected chi connectivity index (χ1v) is 14.1. The van der Waals surface area contributed by atoms with E-state index < -0.39 is 27.8 Å². The van der Waals surface area contributed by atoms with E-state index in [4.69, 9.17) is 11.6 Å². The van der Waals surface area contributed by atoms with E-state index in [9.17, 15) is 22.4 Å². The molecule has 0 spiro atoms. The second-order valence-electron chi connectivity index (χ2n) is 8.56. The van der Waals surface area contributed by atoms with Gasteiger partial charge in [-0.25, -0.2) is 17.8 Å². The Hall–Kier alpha value is -3.06. The highest BCUT2D eigenvalue weighted by molar-refractivity contribution is 7.92. The zero-order chi connectivity index (χ0) is 26.7. The molecule has 1 fully saturated rings. The van der Waals surface area contributed by atoms with E-state index in [0.717, 1.165) is 22.9 Å². The Labute approximate surface area is 223 Å². The fraction of sp³-hybridized carbons (Fsp3) is 0.292. The number of anilines is 1. The first-order chi connectivity index (χ1) is 17.5. The lowest BCUT2D eigenvalue weighted by Gasteiger charge is -2.20. The van der Waals surface area contributed by atoms with Crippen LogP contribution >= 0.6 is 22.9 Å². The summed E-state index contributed by atoms with van der Waals surface area (Å²) in [5.74, 6) is -1.68. The van der Waals surface area contributed by atoms with Crippen LogP contribution in [0.5, 0.6) is 0 Å². The van der Waals surface area contributed by atoms with Crippen LogP contribution in [0.25, 0.3) is 6.08 Å². The molecule has 37 heavy (non-hydrogen) atoms. The van der Waals surface area contributed by atoms with Gasteiger partial charge in [-0.1, -0.05) is 11.6 Å². The van der Waals surface area contributed by atoms with E-state index in [1.54, 1.807) is 25.5 Å². The highest BCUT2D eigenvalue weighted by Gasteiger charge is 2.36. The van der Waals surface area contributed by atoms with Crippen LogP contribution in [0.15, 0.2) is 42.1 Å². The number of rotatable bonds is 9. The summed E-state index contributed by atoms with van der Waals surface area (Å²) in [5.41, 5.74) is 1.91. The lowest BCUT2D eigenvalue weighted by atomic mass is 10.1. The topological polar surface area (TPSA) is 115 Å². The molecule has 1 saturated heterocycles. The second-order valence-corrected chi connectivity index (χ2v) is 11.9. The maximum absolute atomic E-state index is 15.0. The summed E-state index contributed by atoms with van der Waals surface area (Å²) in [5, 5.41) is 0.968. The minimum absolute atomic E-state index is 0.0122. The highest BCUT2D eigenvalue weighted by atomic mass is 35.5. The molecule has 0 unspecified atom stereocenters. The summed E-state index contributed by atoms with van der Waals surface area (Å²) in [4.78, 5) is 36.2. The fourth-order valence-electron chi connectivity index (χ4n) is 3.93. The molecule has 1 aliphatic rings. The average molecular weight is 566 g/mol. The van der Waals surface area contributed by atoms with Crippen LogP contribution in [0, 0.1) is 12.7 Å². The standard InChI is InChI=1S/C24H25ClFN5O4S2/c1-15-19(28-14-27-15)7-10-30(2)23(32)16-3-5-21(18(26)13-16)31-11-8-20(24(31)33)29-37(34,35)12-9-17-4-6-22(25)36-17/h3-6,9,12-14,20,29H,7-8,10-11H2,1-2H3,(H,27,28)/b12-9+/t20-/m0/s1. The van der Waals surface area contributed by atoms with Gasteiger partial charge < -0.3 is 14.8 Å². The Kier molecular flexibility index (Phi) is 8.12. The van der Waals surface area contributed by atoms with E-state index in [-0.39, 0.29) is 30.1 Å². The fourth-order valence-corrected chi connectivity index (χ4v) is 6.00. The van der Waals surface area contributed by atoms with Crippen molar-refractivity contribution in [2.75, 3.05) is 25.0 Å². The minimum Gasteiger partial charge on any atom is -0.348 e. The number of carbonyl (C=O) groups is 2. The number of aromatic nitrogens is 2. The Morgan fingerprint density at radius 2 is 2.16 bits per heavy atom. The van der Waals surface area contributed by atoms with Crippen molar-refractivity contribution in [3.05, 3.63) is 74.0 Å². The molecule has 2 amide bonds. The highest BCUT2D eigenvalue weighted by Crippen LogP contribution is 2.27. The van der Waals surface area contributed by atoms with Crippen LogP contribution in [0.1, 0.15) is 33.0 Å². The Morgan fingerprint density at radius 3 is 2.81 bits per heavy atom. The van der Waals surface area contributed by atoms with Crippen molar-refractivity contribution in [1.82, 2.24) is 19.6 Å². The van der Waals surface area contributed by atoms with Crippen molar-refractivity contribution >= 4 is 56.5 Å². The molecule has 2 aromatic heterocycles. The number of amides is 2. The monoisotopic (exact) mass is 565 g/mol. The van der Waals surface area contributed by atoms with Crippen LogP contribution in [-0.4, -0.2) is 61.3 Å². The molecule has 0 saturated carbocycles. The third-order valence-electron chi connectivity index (χ3n) is 5.97. The third kappa shape index (κ3) is 6.45. The van der Waals surface area contributed by atoms with Gasteiger partial charge in [0.15, 0.2) is 0 Å². The van der Waals surface area contributed by atoms with Crippen molar-refractivity contribution in [2.45, 2.75) is 25.8 Å². The summed E-state index contributed by atoms with van der Waals surface area (Å²) in [6.45, 7) is 2.42. The Balaban J connectivity index is 1.39. The minimum atomic E-state index is -3.92. The van der Waals surface area contributed by atoms with E-state index in [1.807, 2.05) is 6.92 Å². The molecule has 1 aliphatic heterocycles. The molecule has 1 aromatic carbocycles. The number of hydrogen-bond acceptors (Lipinski definition) is 6. The maximum atomic E-state index is 15.0. The molecule has 196 valence electrons. The number of benzene rings is 1. The number of thiophene rings is 1. The SMILES string of the molecule is Cc1[nH]cnc1CCN(C)C(=O)c1ccc(N2CC[C@H](NS(=O)(=O)/C=C/c3ccc(Cl)s3)C2=O)c(F)c1. The van der Waals surface area contributed by atoms with Crippen LogP contribution in [0.2, 0.25) is 4.34 Å². The predicted octanol–water partition coefficient (Wildman–Crippen LogP) is 3.58. The number of nitrogens with one attached hydrogen (secondary N) is 2. The second kappa shape index (κ2) is 11.1. The van der Waals surface area contributed by atoms with Crippen molar-refractivity contribution in [3.8, 4) is 0 Å². The van der Waals surface area contributed by atoms with Gasteiger partial charge >= 0.3 is 0 Å². The lowest BCUT2D eigenvalue weighted by Crippen LogP contribution is -2.41. The van der Waals surface area contributed by atoms with Gasteiger partial charge in [-0.05, 0) is 49.8 Å². The van der Waals surface area contributed by atoms with E-state index in [0.29, 0.717) is 22.2 Å². The Bertz CT molecular complexity index is 1450. The molecule has 0 radical (unpaired) electrons. The van der Waals surface area contributed by atoms with Crippen molar-refractivity contribution in [2.24, 2.45) is 0 Å². The molecular weight excluding hydrogens is 541 g/mol. The largest absolute Gasteiger partial charge is 0.348 e. The molecule has 3 aromatic rings. The first kappa shape index (κ1) is 27.0. The molecule has 2 N–H and O–H groups in total. The van der Waals surface area contributed by atoms with Gasteiger partial charge in [0.05, 0.1) is 22.0 Å². The molecule has 1 atom stereocenters. The molecule has 0 aliphatic carbocycles. The summed E-state index contributed by atoms with van der Waals surface area (Å²) in [6.07, 6.45) is 3.70. The Morgan fingerprint density at radius 1 is 1.38 bits per heavy atom. The van der Waals surface area contributed by atoms with Crippen molar-refractivity contribution in [1.29, 1.82) is 0 Å². The number of imidazole rings is 1. The molecule has 9 nitrogen and oxygen atoms in total. The van der Waals surface area contributed by atoms with Gasteiger partial charge in [0.2, 0.25) is 15.9 Å².